The fourth-order valence-electron chi connectivity index (χ4n) is 3.45. The van der Waals surface area contributed by atoms with E-state index in [1.54, 1.807) is 12.4 Å². The molecule has 0 aliphatic carbocycles. The number of hydrogen-bond donors (Lipinski definition) is 2. The highest BCUT2D eigenvalue weighted by molar-refractivity contribution is 6.05. The molecule has 0 saturated carbocycles. The van der Waals surface area contributed by atoms with Gasteiger partial charge in [0.1, 0.15) is 5.52 Å². The molecule has 1 aliphatic rings. The molecule has 27 heavy (non-hydrogen) atoms. The molecule has 0 atom stereocenters. The van der Waals surface area contributed by atoms with Gasteiger partial charge >= 0.3 is 0 Å². The minimum Gasteiger partial charge on any atom is -0.372 e. The average molecular weight is 363 g/mol. The molecule has 2 aromatic heterocycles. The number of nitrogens with one attached hydrogen (secondary N) is 2. The van der Waals surface area contributed by atoms with E-state index < -0.39 is 0 Å². The van der Waals surface area contributed by atoms with Gasteiger partial charge in [0.15, 0.2) is 5.65 Å². The van der Waals surface area contributed by atoms with Gasteiger partial charge in [-0.05, 0) is 45.7 Å². The Morgan fingerprint density at radius 3 is 2.74 bits per heavy atom. The number of hydrogen-bond acceptors (Lipinski definition) is 4. The van der Waals surface area contributed by atoms with Gasteiger partial charge in [-0.1, -0.05) is 12.1 Å². The lowest BCUT2D eigenvalue weighted by atomic mass is 10.1. The number of nitrogens with zero attached hydrogens (tertiary/aromatic N) is 3. The van der Waals surface area contributed by atoms with Gasteiger partial charge in [-0.2, -0.15) is 0 Å². The lowest BCUT2D eigenvalue weighted by Gasteiger charge is -2.20. The molecule has 0 spiro atoms. The Kier molecular flexibility index (Phi) is 4.34. The maximum atomic E-state index is 12.6. The van der Waals surface area contributed by atoms with E-state index in [1.165, 1.54) is 18.5 Å². The first-order chi connectivity index (χ1) is 12.9. The van der Waals surface area contributed by atoms with Gasteiger partial charge in [0, 0.05) is 36.1 Å². The van der Waals surface area contributed by atoms with Crippen LogP contribution in [0.4, 0.5) is 5.69 Å². The van der Waals surface area contributed by atoms with Crippen molar-refractivity contribution in [3.05, 3.63) is 42.2 Å². The number of carbonyl (C=O) groups excluding carboxylic acids is 1. The molecule has 1 aromatic carbocycles. The lowest BCUT2D eigenvalue weighted by Crippen LogP contribution is -2.40. The van der Waals surface area contributed by atoms with Crippen LogP contribution in [0.1, 0.15) is 44.0 Å². The van der Waals surface area contributed by atoms with Crippen molar-refractivity contribution >= 4 is 22.8 Å². The molecule has 0 radical (unpaired) electrons. The van der Waals surface area contributed by atoms with Crippen molar-refractivity contribution in [2.45, 2.75) is 39.2 Å². The van der Waals surface area contributed by atoms with Gasteiger partial charge in [-0.25, -0.2) is 9.97 Å². The van der Waals surface area contributed by atoms with Crippen molar-refractivity contribution in [3.8, 4) is 11.3 Å². The quantitative estimate of drug-likeness (QED) is 0.743. The van der Waals surface area contributed by atoms with E-state index in [4.69, 9.17) is 4.98 Å². The second-order valence-corrected chi connectivity index (χ2v) is 8.10. The van der Waals surface area contributed by atoms with E-state index in [9.17, 15) is 4.79 Å². The Morgan fingerprint density at radius 1 is 1.22 bits per heavy atom. The zero-order valence-electron chi connectivity index (χ0n) is 16.0. The molecule has 140 valence electrons. The highest BCUT2D eigenvalue weighted by Crippen LogP contribution is 2.27. The van der Waals surface area contributed by atoms with Crippen LogP contribution in [0.25, 0.3) is 22.4 Å². The first-order valence-electron chi connectivity index (χ1n) is 9.43. The Bertz CT molecular complexity index is 980. The molecular weight excluding hydrogens is 338 g/mol. The van der Waals surface area contributed by atoms with Gasteiger partial charge in [0.05, 0.1) is 17.5 Å². The third-order valence-electron chi connectivity index (χ3n) is 4.73. The summed E-state index contributed by atoms with van der Waals surface area (Å²) in [5.41, 5.74) is 4.42. The van der Waals surface area contributed by atoms with Crippen LogP contribution in [-0.4, -0.2) is 39.5 Å². The Morgan fingerprint density at radius 2 is 2.00 bits per heavy atom. The molecule has 1 amide bonds. The Balaban J connectivity index is 1.70. The van der Waals surface area contributed by atoms with Crippen LogP contribution in [-0.2, 0) is 0 Å². The number of rotatable bonds is 3. The molecule has 1 aliphatic heterocycles. The predicted molar refractivity (Wildman–Crippen MR) is 108 cm³/mol. The number of aromatic nitrogens is 3. The molecule has 4 rings (SSSR count). The largest absolute Gasteiger partial charge is 0.372 e. The molecule has 2 N–H and O–H groups in total. The van der Waals surface area contributed by atoms with E-state index >= 15 is 0 Å². The maximum absolute atomic E-state index is 12.6. The summed E-state index contributed by atoms with van der Waals surface area (Å²) in [5, 5.41) is 2.99. The smallest absolute Gasteiger partial charge is 0.255 e. The van der Waals surface area contributed by atoms with Gasteiger partial charge in [-0.15, -0.1) is 0 Å². The highest BCUT2D eigenvalue weighted by atomic mass is 16.1. The molecule has 0 unspecified atom stereocenters. The van der Waals surface area contributed by atoms with Crippen LogP contribution < -0.4 is 10.2 Å². The minimum atomic E-state index is -0.310. The summed E-state index contributed by atoms with van der Waals surface area (Å²) in [5.74, 6) is -0.147. The van der Waals surface area contributed by atoms with Gasteiger partial charge in [0.25, 0.3) is 5.91 Å². The summed E-state index contributed by atoms with van der Waals surface area (Å²) in [6.07, 6.45) is 5.92. The highest BCUT2D eigenvalue weighted by Gasteiger charge is 2.20. The summed E-state index contributed by atoms with van der Waals surface area (Å²) in [6.45, 7) is 8.08. The predicted octanol–water partition coefficient (Wildman–Crippen LogP) is 3.75. The van der Waals surface area contributed by atoms with Crippen molar-refractivity contribution < 1.29 is 4.79 Å². The number of benzene rings is 1. The van der Waals surface area contributed by atoms with Gasteiger partial charge in [-0.3, -0.25) is 4.79 Å². The number of aromatic amines is 1. The molecule has 1 saturated heterocycles. The summed E-state index contributed by atoms with van der Waals surface area (Å²) in [7, 11) is 0. The zero-order valence-corrected chi connectivity index (χ0v) is 16.0. The normalized spacial score (nSPS) is 14.7. The number of carbonyl (C=O) groups is 1. The fraction of sp³-hybridized carbons (Fsp3) is 0.381. The van der Waals surface area contributed by atoms with E-state index in [2.05, 4.69) is 38.4 Å². The number of amides is 1. The molecule has 3 aromatic rings. The van der Waals surface area contributed by atoms with E-state index in [0.29, 0.717) is 16.7 Å². The standard InChI is InChI=1S/C21H25N5O/c1-21(2,3)25-20(27)16-12-22-19-18(16)24-17(13-23-19)14-7-6-8-15(11-14)26-9-4-5-10-26/h6-8,11-13H,4-5,9-10H2,1-3H3,(H,22,23)(H,25,27). The lowest BCUT2D eigenvalue weighted by molar-refractivity contribution is 0.0921. The second kappa shape index (κ2) is 6.68. The summed E-state index contributed by atoms with van der Waals surface area (Å²) in [6, 6.07) is 8.39. The third kappa shape index (κ3) is 3.65. The van der Waals surface area contributed by atoms with Crippen molar-refractivity contribution in [3.63, 3.8) is 0 Å². The molecule has 6 heteroatoms. The Labute approximate surface area is 159 Å². The maximum Gasteiger partial charge on any atom is 0.255 e. The number of fused-ring (bicyclic) bond motifs is 1. The second-order valence-electron chi connectivity index (χ2n) is 8.10. The van der Waals surface area contributed by atoms with E-state index in [0.717, 1.165) is 24.3 Å². The molecule has 0 bridgehead atoms. The first kappa shape index (κ1) is 17.5. The fourth-order valence-corrected chi connectivity index (χ4v) is 3.45. The van der Waals surface area contributed by atoms with Crippen LogP contribution in [0.2, 0.25) is 0 Å². The first-order valence-corrected chi connectivity index (χ1v) is 9.43. The van der Waals surface area contributed by atoms with Crippen molar-refractivity contribution in [1.29, 1.82) is 0 Å². The average Bonchev–Trinajstić information content (AvgIpc) is 3.29. The van der Waals surface area contributed by atoms with Crippen LogP contribution in [0, 0.1) is 0 Å². The van der Waals surface area contributed by atoms with Crippen molar-refractivity contribution in [2.75, 3.05) is 18.0 Å². The van der Waals surface area contributed by atoms with E-state index in [1.807, 2.05) is 26.8 Å². The van der Waals surface area contributed by atoms with Crippen LogP contribution >= 0.6 is 0 Å². The van der Waals surface area contributed by atoms with Gasteiger partial charge < -0.3 is 15.2 Å². The number of anilines is 1. The molecule has 1 fully saturated rings. The van der Waals surface area contributed by atoms with Crippen molar-refractivity contribution in [1.82, 2.24) is 20.3 Å². The molecular formula is C21H25N5O. The SMILES string of the molecule is CC(C)(C)NC(=O)c1c[nH]c2ncc(-c3cccc(N4CCCC4)c3)nc12. The van der Waals surface area contributed by atoms with Crippen LogP contribution in [0.15, 0.2) is 36.7 Å². The van der Waals surface area contributed by atoms with Crippen molar-refractivity contribution in [2.24, 2.45) is 0 Å². The number of H-pyrrole nitrogens is 1. The topological polar surface area (TPSA) is 73.9 Å². The Hall–Kier alpha value is -2.89. The van der Waals surface area contributed by atoms with Gasteiger partial charge in [0.2, 0.25) is 0 Å². The van der Waals surface area contributed by atoms with Crippen LogP contribution in [0.5, 0.6) is 0 Å². The van der Waals surface area contributed by atoms with E-state index in [-0.39, 0.29) is 11.4 Å². The third-order valence-corrected chi connectivity index (χ3v) is 4.73. The zero-order chi connectivity index (χ0) is 19.0. The monoisotopic (exact) mass is 363 g/mol. The van der Waals surface area contributed by atoms with Crippen LogP contribution in [0.3, 0.4) is 0 Å². The summed E-state index contributed by atoms with van der Waals surface area (Å²) < 4.78 is 0. The molecule has 6 nitrogen and oxygen atoms in total. The summed E-state index contributed by atoms with van der Waals surface area (Å²) in [4.78, 5) is 27.3. The summed E-state index contributed by atoms with van der Waals surface area (Å²) >= 11 is 0. The minimum absolute atomic E-state index is 0.147. The molecule has 3 heterocycles.